The first kappa shape index (κ1) is 16.0. The average molecular weight is 270 g/mol. The number of nitrogens with one attached hydrogen (secondary N) is 2. The second kappa shape index (κ2) is 6.37. The number of carboxylic acid groups (broad SMARTS) is 1. The lowest BCUT2D eigenvalue weighted by Crippen LogP contribution is -2.50. The Bertz CT molecular complexity index is 336. The Kier molecular flexibility index (Phi) is 5.35. The van der Waals surface area contributed by atoms with Crippen molar-refractivity contribution in [3.63, 3.8) is 0 Å². The second-order valence-corrected chi connectivity index (χ2v) is 6.50. The van der Waals surface area contributed by atoms with E-state index in [2.05, 4.69) is 10.6 Å². The van der Waals surface area contributed by atoms with Crippen LogP contribution in [-0.2, 0) is 9.59 Å². The normalized spacial score (nSPS) is 25.1. The number of carbonyl (C=O) groups excluding carboxylic acids is 1. The van der Waals surface area contributed by atoms with E-state index < -0.39 is 5.97 Å². The van der Waals surface area contributed by atoms with Crippen molar-refractivity contribution in [2.45, 2.75) is 58.5 Å². The molecule has 5 nitrogen and oxygen atoms in total. The molecule has 1 fully saturated rings. The van der Waals surface area contributed by atoms with Crippen LogP contribution in [0.15, 0.2) is 0 Å². The van der Waals surface area contributed by atoms with Crippen LogP contribution in [0.5, 0.6) is 0 Å². The van der Waals surface area contributed by atoms with Gasteiger partial charge in [0.05, 0.1) is 12.0 Å². The van der Waals surface area contributed by atoms with Crippen LogP contribution in [0.1, 0.15) is 47.0 Å². The second-order valence-electron chi connectivity index (χ2n) is 6.50. The zero-order valence-electron chi connectivity index (χ0n) is 12.3. The van der Waals surface area contributed by atoms with E-state index in [1.54, 1.807) is 0 Å². The maximum absolute atomic E-state index is 11.9. The zero-order chi connectivity index (χ0) is 14.6. The number of carbonyl (C=O) groups is 2. The number of rotatable bonds is 5. The molecule has 3 N–H and O–H groups in total. The van der Waals surface area contributed by atoms with Crippen LogP contribution in [0, 0.1) is 11.8 Å². The van der Waals surface area contributed by atoms with Gasteiger partial charge >= 0.3 is 5.97 Å². The Morgan fingerprint density at radius 3 is 2.47 bits per heavy atom. The van der Waals surface area contributed by atoms with Crippen LogP contribution in [-0.4, -0.2) is 35.1 Å². The smallest absolute Gasteiger partial charge is 0.306 e. The molecule has 19 heavy (non-hydrogen) atoms. The van der Waals surface area contributed by atoms with E-state index in [9.17, 15) is 9.59 Å². The number of aliphatic carboxylic acids is 1. The fourth-order valence-corrected chi connectivity index (χ4v) is 2.50. The van der Waals surface area contributed by atoms with Crippen molar-refractivity contribution < 1.29 is 14.7 Å². The Morgan fingerprint density at radius 2 is 1.95 bits per heavy atom. The highest BCUT2D eigenvalue weighted by atomic mass is 16.4. The first-order valence-electron chi connectivity index (χ1n) is 6.99. The summed E-state index contributed by atoms with van der Waals surface area (Å²) in [7, 11) is 0. The van der Waals surface area contributed by atoms with Gasteiger partial charge in [0.1, 0.15) is 0 Å². The monoisotopic (exact) mass is 270 g/mol. The third kappa shape index (κ3) is 5.19. The minimum Gasteiger partial charge on any atom is -0.481 e. The fourth-order valence-electron chi connectivity index (χ4n) is 2.50. The molecule has 3 atom stereocenters. The van der Waals surface area contributed by atoms with Gasteiger partial charge in [-0.1, -0.05) is 6.42 Å². The fraction of sp³-hybridized carbons (Fsp3) is 0.857. The molecule has 0 aromatic carbocycles. The van der Waals surface area contributed by atoms with E-state index in [1.807, 2.05) is 27.7 Å². The molecular formula is C14H26N2O3. The van der Waals surface area contributed by atoms with Crippen LogP contribution in [0.4, 0.5) is 0 Å². The van der Waals surface area contributed by atoms with Gasteiger partial charge in [0, 0.05) is 5.54 Å². The molecule has 1 aliphatic rings. The Labute approximate surface area is 115 Å². The van der Waals surface area contributed by atoms with Gasteiger partial charge in [0.25, 0.3) is 0 Å². The molecule has 5 heteroatoms. The standard InChI is InChI=1S/C14H26N2O3/c1-9(12(17)16-14(2,3)4)15-8-10-6-5-7-11(10)13(18)19/h9-11,15H,5-8H2,1-4H3,(H,16,17)(H,18,19). The molecule has 0 aromatic heterocycles. The van der Waals surface area contributed by atoms with Crippen LogP contribution in [0.25, 0.3) is 0 Å². The third-order valence-electron chi connectivity index (χ3n) is 3.55. The van der Waals surface area contributed by atoms with E-state index >= 15 is 0 Å². The van der Waals surface area contributed by atoms with E-state index in [4.69, 9.17) is 5.11 Å². The van der Waals surface area contributed by atoms with Crippen molar-refractivity contribution in [1.29, 1.82) is 0 Å². The van der Waals surface area contributed by atoms with E-state index in [-0.39, 0.29) is 29.3 Å². The van der Waals surface area contributed by atoms with Crippen molar-refractivity contribution in [3.8, 4) is 0 Å². The van der Waals surface area contributed by atoms with Crippen molar-refractivity contribution in [3.05, 3.63) is 0 Å². The number of carboxylic acids is 1. The van der Waals surface area contributed by atoms with Gasteiger partial charge in [-0.2, -0.15) is 0 Å². The minimum absolute atomic E-state index is 0.0441. The summed E-state index contributed by atoms with van der Waals surface area (Å²) in [5.41, 5.74) is -0.246. The summed E-state index contributed by atoms with van der Waals surface area (Å²) < 4.78 is 0. The summed E-state index contributed by atoms with van der Waals surface area (Å²) in [4.78, 5) is 23.0. The van der Waals surface area contributed by atoms with Gasteiger partial charge < -0.3 is 15.7 Å². The van der Waals surface area contributed by atoms with Crippen molar-refractivity contribution in [2.24, 2.45) is 11.8 Å². The lowest BCUT2D eigenvalue weighted by Gasteiger charge is -2.25. The van der Waals surface area contributed by atoms with Gasteiger partial charge in [-0.25, -0.2) is 0 Å². The summed E-state index contributed by atoms with van der Waals surface area (Å²) in [6.07, 6.45) is 2.65. The van der Waals surface area contributed by atoms with Crippen molar-refractivity contribution in [1.82, 2.24) is 10.6 Å². The van der Waals surface area contributed by atoms with Gasteiger partial charge in [-0.05, 0) is 53.0 Å². The highest BCUT2D eigenvalue weighted by Gasteiger charge is 2.33. The van der Waals surface area contributed by atoms with E-state index in [1.165, 1.54) is 0 Å². The molecule has 0 bridgehead atoms. The predicted molar refractivity (Wildman–Crippen MR) is 73.8 cm³/mol. The Morgan fingerprint density at radius 1 is 1.32 bits per heavy atom. The molecule has 0 heterocycles. The average Bonchev–Trinajstić information content (AvgIpc) is 2.71. The highest BCUT2D eigenvalue weighted by Crippen LogP contribution is 2.31. The highest BCUT2D eigenvalue weighted by molar-refractivity contribution is 5.81. The minimum atomic E-state index is -0.712. The molecule has 0 radical (unpaired) electrons. The van der Waals surface area contributed by atoms with Crippen LogP contribution in [0.3, 0.4) is 0 Å². The van der Waals surface area contributed by atoms with Crippen molar-refractivity contribution >= 4 is 11.9 Å². The largest absolute Gasteiger partial charge is 0.481 e. The molecular weight excluding hydrogens is 244 g/mol. The summed E-state index contributed by atoms with van der Waals surface area (Å²) >= 11 is 0. The first-order chi connectivity index (χ1) is 8.70. The molecule has 1 aliphatic carbocycles. The maximum atomic E-state index is 11.9. The number of hydrogen-bond acceptors (Lipinski definition) is 3. The van der Waals surface area contributed by atoms with Gasteiger partial charge in [0.2, 0.25) is 5.91 Å². The van der Waals surface area contributed by atoms with Gasteiger partial charge in [-0.15, -0.1) is 0 Å². The van der Waals surface area contributed by atoms with Gasteiger partial charge in [-0.3, -0.25) is 9.59 Å². The molecule has 110 valence electrons. The van der Waals surface area contributed by atoms with Crippen LogP contribution in [0.2, 0.25) is 0 Å². The van der Waals surface area contributed by atoms with Crippen molar-refractivity contribution in [2.75, 3.05) is 6.54 Å². The van der Waals surface area contributed by atoms with Gasteiger partial charge in [0.15, 0.2) is 0 Å². The molecule has 1 rings (SSSR count). The lowest BCUT2D eigenvalue weighted by molar-refractivity contribution is -0.142. The molecule has 0 saturated heterocycles. The van der Waals surface area contributed by atoms with E-state index in [0.717, 1.165) is 19.3 Å². The molecule has 0 aliphatic heterocycles. The zero-order valence-corrected chi connectivity index (χ0v) is 12.3. The molecule has 0 spiro atoms. The molecule has 0 aromatic rings. The van der Waals surface area contributed by atoms with E-state index in [0.29, 0.717) is 6.54 Å². The Hall–Kier alpha value is -1.10. The summed E-state index contributed by atoms with van der Waals surface area (Å²) in [5, 5.41) is 15.2. The molecule has 3 unspecified atom stereocenters. The van der Waals surface area contributed by atoms with Crippen LogP contribution >= 0.6 is 0 Å². The SMILES string of the molecule is CC(NCC1CCCC1C(=O)O)C(=O)NC(C)(C)C. The summed E-state index contributed by atoms with van der Waals surface area (Å²) in [6, 6.07) is -0.297. The first-order valence-corrected chi connectivity index (χ1v) is 6.99. The maximum Gasteiger partial charge on any atom is 0.306 e. The molecule has 1 amide bonds. The topological polar surface area (TPSA) is 78.4 Å². The predicted octanol–water partition coefficient (Wildman–Crippen LogP) is 1.38. The summed E-state index contributed by atoms with van der Waals surface area (Å²) in [6.45, 7) is 8.22. The molecule has 1 saturated carbocycles. The number of hydrogen-bond donors (Lipinski definition) is 3. The van der Waals surface area contributed by atoms with Crippen LogP contribution < -0.4 is 10.6 Å². The lowest BCUT2D eigenvalue weighted by atomic mass is 9.96. The Balaban J connectivity index is 2.39. The number of amides is 1. The quantitative estimate of drug-likeness (QED) is 0.705. The summed E-state index contributed by atoms with van der Waals surface area (Å²) in [5.74, 6) is -0.874. The third-order valence-corrected chi connectivity index (χ3v) is 3.55.